The van der Waals surface area contributed by atoms with E-state index in [0.717, 1.165) is 0 Å². The van der Waals surface area contributed by atoms with Gasteiger partial charge in [0.15, 0.2) is 0 Å². The molecule has 0 aliphatic rings. The van der Waals surface area contributed by atoms with E-state index in [1.807, 2.05) is 0 Å². The minimum Gasteiger partial charge on any atom is -0.197 e. The second-order valence-electron chi connectivity index (χ2n) is 0.989. The topological polar surface area (TPSA) is 52.6 Å². The molecule has 0 fully saturated rings. The molecule has 0 N–H and O–H groups in total. The average molecular weight is 158 g/mol. The van der Waals surface area contributed by atoms with Crippen molar-refractivity contribution in [3.63, 3.8) is 0 Å². The highest BCUT2D eigenvalue weighted by Crippen LogP contribution is 1.93. The number of hydrogen-bond acceptors (Lipinski definition) is 5. The summed E-state index contributed by atoms with van der Waals surface area (Å²) in [5.74, 6) is -0.118. The molecule has 0 spiro atoms. The predicted molar refractivity (Wildman–Crippen MR) is 30.6 cm³/mol. The molecule has 0 unspecified atom stereocenters. The summed E-state index contributed by atoms with van der Waals surface area (Å²) in [7, 11) is -3.47. The van der Waals surface area contributed by atoms with Gasteiger partial charge in [-0.1, -0.05) is 4.33 Å². The van der Waals surface area contributed by atoms with Gasteiger partial charge in [-0.05, 0) is 6.92 Å². The Morgan fingerprint density at radius 3 is 2.25 bits per heavy atom. The van der Waals surface area contributed by atoms with Crippen LogP contribution in [0.15, 0.2) is 0 Å². The molecule has 0 aromatic carbocycles. The molecular formula is C2H6O4S2. The van der Waals surface area contributed by atoms with Crippen LogP contribution >= 0.6 is 12.9 Å². The van der Waals surface area contributed by atoms with Crippen LogP contribution in [0.2, 0.25) is 0 Å². The van der Waals surface area contributed by atoms with Crippen LogP contribution in [0.1, 0.15) is 6.92 Å². The molecule has 8 heavy (non-hydrogen) atoms. The molecule has 0 aromatic heterocycles. The molecule has 0 radical (unpaired) electrons. The largest absolute Gasteiger partial charge is 0.294 e. The van der Waals surface area contributed by atoms with E-state index in [2.05, 4.69) is 21.6 Å². The average Bonchev–Trinajstić information content (AvgIpc) is 1.67. The van der Waals surface area contributed by atoms with Gasteiger partial charge in [-0.15, -0.1) is 4.33 Å². The Kier molecular flexibility index (Phi) is 3.38. The van der Waals surface area contributed by atoms with E-state index in [1.165, 1.54) is 6.92 Å². The van der Waals surface area contributed by atoms with E-state index < -0.39 is 10.1 Å². The summed E-state index contributed by atoms with van der Waals surface area (Å²) in [6, 6.07) is 0. The zero-order valence-corrected chi connectivity index (χ0v) is 5.91. The third-order valence-electron chi connectivity index (χ3n) is 0.488. The number of rotatable bonds is 3. The van der Waals surface area contributed by atoms with Crippen molar-refractivity contribution >= 4 is 23.0 Å². The second kappa shape index (κ2) is 3.29. The zero-order chi connectivity index (χ0) is 6.62. The number of thiol groups is 1. The lowest BCUT2D eigenvalue weighted by molar-refractivity contribution is -0.0659. The molecule has 0 saturated carbocycles. The smallest absolute Gasteiger partial charge is 0.197 e. The first kappa shape index (κ1) is 8.22. The Morgan fingerprint density at radius 2 is 2.12 bits per heavy atom. The van der Waals surface area contributed by atoms with Crippen LogP contribution in [0.5, 0.6) is 0 Å². The maximum absolute atomic E-state index is 10.2. The van der Waals surface area contributed by atoms with Gasteiger partial charge in [0, 0.05) is 12.9 Å². The van der Waals surface area contributed by atoms with Gasteiger partial charge in [0.05, 0.1) is 5.75 Å². The molecule has 0 rings (SSSR count). The fourth-order valence-electron chi connectivity index (χ4n) is 0.0945. The van der Waals surface area contributed by atoms with Crippen molar-refractivity contribution in [1.29, 1.82) is 0 Å². The maximum Gasteiger partial charge on any atom is 0.294 e. The fourth-order valence-corrected chi connectivity index (χ4v) is 0.562. The van der Waals surface area contributed by atoms with Gasteiger partial charge in [0.2, 0.25) is 0 Å². The molecule has 6 heteroatoms. The van der Waals surface area contributed by atoms with Crippen molar-refractivity contribution < 1.29 is 17.1 Å². The summed E-state index contributed by atoms with van der Waals surface area (Å²) >= 11 is 3.07. The van der Waals surface area contributed by atoms with E-state index >= 15 is 0 Å². The zero-order valence-electron chi connectivity index (χ0n) is 4.20. The monoisotopic (exact) mass is 158 g/mol. The van der Waals surface area contributed by atoms with Crippen molar-refractivity contribution in [2.24, 2.45) is 0 Å². The minimum absolute atomic E-state index is 0.118. The molecule has 0 bridgehead atoms. The van der Waals surface area contributed by atoms with Gasteiger partial charge in [-0.25, -0.2) is 0 Å². The predicted octanol–water partition coefficient (Wildman–Crippen LogP) is 0.129. The molecule has 0 aliphatic heterocycles. The molecule has 0 aromatic rings. The summed E-state index contributed by atoms with van der Waals surface area (Å²) in [4.78, 5) is 0. The summed E-state index contributed by atoms with van der Waals surface area (Å²) < 4.78 is 27.7. The van der Waals surface area contributed by atoms with E-state index in [-0.39, 0.29) is 5.75 Å². The van der Waals surface area contributed by atoms with Crippen molar-refractivity contribution in [1.82, 2.24) is 0 Å². The highest BCUT2D eigenvalue weighted by Gasteiger charge is 2.05. The quantitative estimate of drug-likeness (QED) is 0.274. The molecule has 0 amide bonds. The standard InChI is InChI=1S/C2H6O4S2/c1-2-8(3,4)6-5-7/h7H,2H2,1H3. The van der Waals surface area contributed by atoms with Gasteiger partial charge in [-0.3, -0.25) is 0 Å². The SMILES string of the molecule is CCS(=O)(=O)OOS. The van der Waals surface area contributed by atoms with Crippen molar-refractivity contribution in [2.75, 3.05) is 5.75 Å². The Morgan fingerprint density at radius 1 is 1.62 bits per heavy atom. The van der Waals surface area contributed by atoms with E-state index in [4.69, 9.17) is 0 Å². The molecule has 0 aliphatic carbocycles. The highest BCUT2D eigenvalue weighted by atomic mass is 32.2. The van der Waals surface area contributed by atoms with Crippen LogP contribution in [0.3, 0.4) is 0 Å². The van der Waals surface area contributed by atoms with E-state index in [1.54, 1.807) is 0 Å². The lowest BCUT2D eigenvalue weighted by Crippen LogP contribution is -2.04. The van der Waals surface area contributed by atoms with Gasteiger partial charge in [-0.2, -0.15) is 8.42 Å². The molecule has 0 saturated heterocycles. The van der Waals surface area contributed by atoms with Crippen LogP contribution in [0, 0.1) is 0 Å². The third-order valence-corrected chi connectivity index (χ3v) is 1.65. The second-order valence-corrected chi connectivity index (χ2v) is 2.97. The minimum atomic E-state index is -3.47. The van der Waals surface area contributed by atoms with Crippen molar-refractivity contribution in [3.05, 3.63) is 0 Å². The summed E-state index contributed by atoms with van der Waals surface area (Å²) in [5, 5.41) is 0. The summed E-state index contributed by atoms with van der Waals surface area (Å²) in [5.41, 5.74) is 0. The van der Waals surface area contributed by atoms with Crippen LogP contribution in [-0.2, 0) is 18.8 Å². The van der Waals surface area contributed by atoms with Crippen molar-refractivity contribution in [3.8, 4) is 0 Å². The van der Waals surface area contributed by atoms with Gasteiger partial charge in [0.1, 0.15) is 0 Å². The molecular weight excluding hydrogens is 152 g/mol. The summed E-state index contributed by atoms with van der Waals surface area (Å²) in [6.45, 7) is 1.43. The van der Waals surface area contributed by atoms with Gasteiger partial charge < -0.3 is 0 Å². The lowest BCUT2D eigenvalue weighted by Gasteiger charge is -1.93. The lowest BCUT2D eigenvalue weighted by atomic mass is 11.0. The Hall–Kier alpha value is 0.220. The molecule has 50 valence electrons. The van der Waals surface area contributed by atoms with Crippen LogP contribution in [0.25, 0.3) is 0 Å². The fraction of sp³-hybridized carbons (Fsp3) is 1.00. The first-order valence-corrected chi connectivity index (χ1v) is 3.79. The van der Waals surface area contributed by atoms with Crippen molar-refractivity contribution in [2.45, 2.75) is 6.92 Å². The van der Waals surface area contributed by atoms with Crippen LogP contribution in [-0.4, -0.2) is 14.2 Å². The Bertz CT molecular complexity index is 136. The van der Waals surface area contributed by atoms with E-state index in [9.17, 15) is 8.42 Å². The highest BCUT2D eigenvalue weighted by molar-refractivity contribution is 7.86. The third kappa shape index (κ3) is 3.25. The van der Waals surface area contributed by atoms with Crippen LogP contribution < -0.4 is 0 Å². The van der Waals surface area contributed by atoms with Crippen LogP contribution in [0.4, 0.5) is 0 Å². The Balaban J connectivity index is 3.76. The molecule has 0 heterocycles. The molecule has 4 nitrogen and oxygen atoms in total. The Labute approximate surface area is 53.5 Å². The first-order chi connectivity index (χ1) is 3.62. The number of hydrogen-bond donors (Lipinski definition) is 1. The summed E-state index contributed by atoms with van der Waals surface area (Å²) in [6.07, 6.45) is 0. The molecule has 0 atom stereocenters. The normalized spacial score (nSPS) is 11.8. The first-order valence-electron chi connectivity index (χ1n) is 1.85. The maximum atomic E-state index is 10.2. The van der Waals surface area contributed by atoms with E-state index in [0.29, 0.717) is 0 Å². The van der Waals surface area contributed by atoms with Gasteiger partial charge >= 0.3 is 0 Å². The van der Waals surface area contributed by atoms with Gasteiger partial charge in [0.25, 0.3) is 10.1 Å².